The molecule has 20 heavy (non-hydrogen) atoms. The number of methoxy groups -OCH3 is 1. The van der Waals surface area contributed by atoms with Crippen molar-refractivity contribution in [3.63, 3.8) is 0 Å². The van der Waals surface area contributed by atoms with Crippen LogP contribution in [0.25, 0.3) is 0 Å². The number of pyridine rings is 1. The van der Waals surface area contributed by atoms with Gasteiger partial charge in [-0.25, -0.2) is 9.37 Å². The minimum Gasteiger partial charge on any atom is -0.481 e. The van der Waals surface area contributed by atoms with Gasteiger partial charge in [0.1, 0.15) is 5.82 Å². The fraction of sp³-hybridized carbons (Fsp3) is 0.200. The van der Waals surface area contributed by atoms with Crippen LogP contribution in [0.2, 0.25) is 0 Å². The molecule has 0 atom stereocenters. The van der Waals surface area contributed by atoms with E-state index in [1.807, 2.05) is 6.07 Å². The molecule has 0 radical (unpaired) electrons. The number of aromatic nitrogens is 1. The summed E-state index contributed by atoms with van der Waals surface area (Å²) in [5.41, 5.74) is 1.52. The second-order valence-corrected chi connectivity index (χ2v) is 4.29. The van der Waals surface area contributed by atoms with Crippen LogP contribution in [0.1, 0.15) is 11.1 Å². The summed E-state index contributed by atoms with van der Waals surface area (Å²) < 4.78 is 17.9. The highest BCUT2D eigenvalue weighted by atomic mass is 19.1. The molecule has 1 N–H and O–H groups in total. The van der Waals surface area contributed by atoms with Gasteiger partial charge in [-0.1, -0.05) is 18.2 Å². The van der Waals surface area contributed by atoms with Crippen LogP contribution in [0.15, 0.2) is 42.6 Å². The van der Waals surface area contributed by atoms with Crippen LogP contribution in [0.5, 0.6) is 5.88 Å². The summed E-state index contributed by atoms with van der Waals surface area (Å²) in [6, 6.07) is 9.57. The van der Waals surface area contributed by atoms with Crippen molar-refractivity contribution in [2.75, 3.05) is 7.11 Å². The second kappa shape index (κ2) is 6.65. The summed E-state index contributed by atoms with van der Waals surface area (Å²) in [6.07, 6.45) is 1.79. The Kier molecular flexibility index (Phi) is 4.65. The number of carbonyl (C=O) groups excluding carboxylic acids is 1. The van der Waals surface area contributed by atoms with Crippen LogP contribution in [-0.4, -0.2) is 18.0 Å². The summed E-state index contributed by atoms with van der Waals surface area (Å²) >= 11 is 0. The lowest BCUT2D eigenvalue weighted by atomic mass is 10.1. The predicted molar refractivity (Wildman–Crippen MR) is 72.7 cm³/mol. The van der Waals surface area contributed by atoms with Crippen molar-refractivity contribution in [1.82, 2.24) is 10.3 Å². The number of ether oxygens (including phenoxy) is 1. The van der Waals surface area contributed by atoms with Crippen molar-refractivity contribution in [3.05, 3.63) is 59.5 Å². The lowest BCUT2D eigenvalue weighted by molar-refractivity contribution is -0.120. The van der Waals surface area contributed by atoms with Crippen molar-refractivity contribution in [2.24, 2.45) is 0 Å². The molecule has 1 aromatic carbocycles. The smallest absolute Gasteiger partial charge is 0.224 e. The van der Waals surface area contributed by atoms with E-state index in [2.05, 4.69) is 10.3 Å². The highest BCUT2D eigenvalue weighted by Gasteiger charge is 2.04. The number of halogens is 1. The molecular weight excluding hydrogens is 259 g/mol. The van der Waals surface area contributed by atoms with Crippen LogP contribution in [0.4, 0.5) is 4.39 Å². The molecule has 0 unspecified atom stereocenters. The third kappa shape index (κ3) is 4.05. The van der Waals surface area contributed by atoms with Crippen LogP contribution in [0, 0.1) is 5.82 Å². The second-order valence-electron chi connectivity index (χ2n) is 4.29. The van der Waals surface area contributed by atoms with Crippen LogP contribution >= 0.6 is 0 Å². The van der Waals surface area contributed by atoms with Gasteiger partial charge < -0.3 is 10.1 Å². The molecular formula is C15H15FN2O2. The Balaban J connectivity index is 1.85. The van der Waals surface area contributed by atoms with Gasteiger partial charge in [0.05, 0.1) is 13.5 Å². The summed E-state index contributed by atoms with van der Waals surface area (Å²) in [5.74, 6) is 0.0286. The maximum Gasteiger partial charge on any atom is 0.224 e. The number of carbonyl (C=O) groups is 1. The van der Waals surface area contributed by atoms with E-state index in [4.69, 9.17) is 4.74 Å². The molecule has 2 aromatic rings. The van der Waals surface area contributed by atoms with E-state index in [-0.39, 0.29) is 18.1 Å². The fourth-order valence-corrected chi connectivity index (χ4v) is 1.73. The van der Waals surface area contributed by atoms with Gasteiger partial charge in [-0.15, -0.1) is 0 Å². The van der Waals surface area contributed by atoms with Crippen molar-refractivity contribution in [1.29, 1.82) is 0 Å². The number of benzene rings is 1. The van der Waals surface area contributed by atoms with E-state index < -0.39 is 0 Å². The Morgan fingerprint density at radius 3 is 2.80 bits per heavy atom. The first-order chi connectivity index (χ1) is 9.67. The Bertz CT molecular complexity index is 585. The molecule has 0 saturated carbocycles. The average Bonchev–Trinajstić information content (AvgIpc) is 2.46. The molecule has 1 aromatic heterocycles. The predicted octanol–water partition coefficient (Wildman–Crippen LogP) is 2.09. The van der Waals surface area contributed by atoms with Crippen molar-refractivity contribution >= 4 is 5.91 Å². The standard InChI is InChI=1S/C15H15FN2O2/c1-20-15-6-5-12(10-18-15)9-17-14(19)8-11-3-2-4-13(16)7-11/h2-7,10H,8-9H2,1H3,(H,17,19). The van der Waals surface area contributed by atoms with Crippen molar-refractivity contribution in [2.45, 2.75) is 13.0 Å². The van der Waals surface area contributed by atoms with Crippen LogP contribution in [-0.2, 0) is 17.8 Å². The van der Waals surface area contributed by atoms with Gasteiger partial charge >= 0.3 is 0 Å². The lowest BCUT2D eigenvalue weighted by Crippen LogP contribution is -2.24. The van der Waals surface area contributed by atoms with E-state index >= 15 is 0 Å². The third-order valence-corrected chi connectivity index (χ3v) is 2.75. The van der Waals surface area contributed by atoms with Crippen LogP contribution < -0.4 is 10.1 Å². The largest absolute Gasteiger partial charge is 0.481 e. The monoisotopic (exact) mass is 274 g/mol. The maximum atomic E-state index is 13.0. The fourth-order valence-electron chi connectivity index (χ4n) is 1.73. The lowest BCUT2D eigenvalue weighted by Gasteiger charge is -2.06. The molecule has 0 aliphatic carbocycles. The molecule has 2 rings (SSSR count). The number of rotatable bonds is 5. The normalized spacial score (nSPS) is 10.1. The Labute approximate surface area is 116 Å². The third-order valence-electron chi connectivity index (χ3n) is 2.75. The van der Waals surface area contributed by atoms with Crippen molar-refractivity contribution < 1.29 is 13.9 Å². The number of nitrogens with zero attached hydrogens (tertiary/aromatic N) is 1. The van der Waals surface area contributed by atoms with E-state index in [1.165, 1.54) is 12.1 Å². The SMILES string of the molecule is COc1ccc(CNC(=O)Cc2cccc(F)c2)cn1. The first-order valence-corrected chi connectivity index (χ1v) is 6.17. The zero-order valence-electron chi connectivity index (χ0n) is 11.1. The van der Waals surface area contributed by atoms with E-state index in [0.717, 1.165) is 5.56 Å². The maximum absolute atomic E-state index is 13.0. The molecule has 4 nitrogen and oxygen atoms in total. The van der Waals surface area contributed by atoms with Crippen molar-refractivity contribution in [3.8, 4) is 5.88 Å². The minimum absolute atomic E-state index is 0.154. The molecule has 0 bridgehead atoms. The van der Waals surface area contributed by atoms with Gasteiger partial charge in [-0.2, -0.15) is 0 Å². The molecule has 0 spiro atoms. The summed E-state index contributed by atoms with van der Waals surface area (Å²) in [6.45, 7) is 0.380. The Hall–Kier alpha value is -2.43. The number of amides is 1. The average molecular weight is 274 g/mol. The molecule has 1 heterocycles. The number of nitrogens with one attached hydrogen (secondary N) is 1. The molecule has 5 heteroatoms. The van der Waals surface area contributed by atoms with Gasteiger partial charge in [0, 0.05) is 18.8 Å². The number of hydrogen-bond acceptors (Lipinski definition) is 3. The summed E-state index contributed by atoms with van der Waals surface area (Å²) in [5, 5.41) is 2.76. The van der Waals surface area contributed by atoms with E-state index in [9.17, 15) is 9.18 Å². The first-order valence-electron chi connectivity index (χ1n) is 6.17. The van der Waals surface area contributed by atoms with Gasteiger partial charge in [0.15, 0.2) is 0 Å². The molecule has 1 amide bonds. The van der Waals surface area contributed by atoms with Gasteiger partial charge in [0.25, 0.3) is 0 Å². The summed E-state index contributed by atoms with van der Waals surface area (Å²) in [4.78, 5) is 15.8. The van der Waals surface area contributed by atoms with Gasteiger partial charge in [0.2, 0.25) is 11.8 Å². The van der Waals surface area contributed by atoms with Gasteiger partial charge in [-0.3, -0.25) is 4.79 Å². The number of hydrogen-bond donors (Lipinski definition) is 1. The molecule has 0 aliphatic heterocycles. The molecule has 0 saturated heterocycles. The highest BCUT2D eigenvalue weighted by Crippen LogP contribution is 2.07. The Morgan fingerprint density at radius 1 is 1.30 bits per heavy atom. The highest BCUT2D eigenvalue weighted by molar-refractivity contribution is 5.78. The molecule has 104 valence electrons. The first kappa shape index (κ1) is 14.0. The Morgan fingerprint density at radius 2 is 2.15 bits per heavy atom. The zero-order chi connectivity index (χ0) is 14.4. The molecule has 0 aliphatic rings. The van der Waals surface area contributed by atoms with Gasteiger partial charge in [-0.05, 0) is 23.3 Å². The molecule has 0 fully saturated rings. The quantitative estimate of drug-likeness (QED) is 0.908. The van der Waals surface area contributed by atoms with E-state index in [1.54, 1.807) is 31.5 Å². The summed E-state index contributed by atoms with van der Waals surface area (Å²) in [7, 11) is 1.54. The zero-order valence-corrected chi connectivity index (χ0v) is 11.1. The van der Waals surface area contributed by atoms with E-state index in [0.29, 0.717) is 18.0 Å². The minimum atomic E-state index is -0.338. The topological polar surface area (TPSA) is 51.2 Å². The van der Waals surface area contributed by atoms with Crippen LogP contribution in [0.3, 0.4) is 0 Å².